The fourth-order valence-corrected chi connectivity index (χ4v) is 4.29. The molecule has 0 heterocycles. The molecule has 22 heavy (non-hydrogen) atoms. The summed E-state index contributed by atoms with van der Waals surface area (Å²) in [4.78, 5) is 12.3. The summed E-state index contributed by atoms with van der Waals surface area (Å²) in [6.45, 7) is 4.53. The fraction of sp³-hybridized carbons (Fsp3) is 0.950. The molecule has 2 fully saturated rings. The van der Waals surface area contributed by atoms with Crippen LogP contribution in [-0.2, 0) is 9.53 Å². The third-order valence-corrected chi connectivity index (χ3v) is 6.05. The Hall–Kier alpha value is -0.530. The lowest BCUT2D eigenvalue weighted by Crippen LogP contribution is -2.30. The van der Waals surface area contributed by atoms with Gasteiger partial charge in [-0.3, -0.25) is 4.79 Å². The molecule has 0 aliphatic heterocycles. The molecule has 0 aromatic carbocycles. The first-order chi connectivity index (χ1) is 10.7. The van der Waals surface area contributed by atoms with Crippen LogP contribution >= 0.6 is 0 Å². The number of hydrogen-bond acceptors (Lipinski definition) is 2. The van der Waals surface area contributed by atoms with Gasteiger partial charge in [0.25, 0.3) is 0 Å². The van der Waals surface area contributed by atoms with Crippen molar-refractivity contribution in [3.8, 4) is 0 Å². The average Bonchev–Trinajstić information content (AvgIpc) is 2.57. The quantitative estimate of drug-likeness (QED) is 0.433. The molecule has 0 saturated heterocycles. The van der Waals surface area contributed by atoms with Gasteiger partial charge in [0.15, 0.2) is 0 Å². The number of hydrogen-bond donors (Lipinski definition) is 0. The van der Waals surface area contributed by atoms with Crippen LogP contribution in [0.15, 0.2) is 0 Å². The van der Waals surface area contributed by atoms with Crippen molar-refractivity contribution in [2.24, 2.45) is 17.8 Å². The molecule has 0 spiro atoms. The Balaban J connectivity index is 1.62. The molecular formula is C20H36O2. The van der Waals surface area contributed by atoms with Crippen molar-refractivity contribution in [2.45, 2.75) is 103 Å². The van der Waals surface area contributed by atoms with Crippen molar-refractivity contribution in [1.29, 1.82) is 0 Å². The van der Waals surface area contributed by atoms with E-state index >= 15 is 0 Å². The zero-order valence-corrected chi connectivity index (χ0v) is 14.8. The van der Waals surface area contributed by atoms with E-state index in [9.17, 15) is 4.79 Å². The second-order valence-electron chi connectivity index (χ2n) is 7.70. The number of esters is 1. The molecule has 2 aliphatic carbocycles. The van der Waals surface area contributed by atoms with Crippen LogP contribution in [0, 0.1) is 17.8 Å². The summed E-state index contributed by atoms with van der Waals surface area (Å²) in [6, 6.07) is 0. The first kappa shape index (κ1) is 17.8. The van der Waals surface area contributed by atoms with E-state index in [4.69, 9.17) is 4.74 Å². The highest BCUT2D eigenvalue weighted by atomic mass is 16.5. The molecule has 0 amide bonds. The third-order valence-electron chi connectivity index (χ3n) is 6.05. The number of unbranched alkanes of at least 4 members (excludes halogenated alkanes) is 2. The number of ether oxygens (including phenoxy) is 1. The van der Waals surface area contributed by atoms with Gasteiger partial charge < -0.3 is 4.74 Å². The van der Waals surface area contributed by atoms with Crippen LogP contribution in [-0.4, -0.2) is 12.1 Å². The second-order valence-corrected chi connectivity index (χ2v) is 7.70. The molecule has 0 aromatic heterocycles. The molecule has 2 saturated carbocycles. The molecule has 0 unspecified atom stereocenters. The van der Waals surface area contributed by atoms with E-state index < -0.39 is 0 Å². The Morgan fingerprint density at radius 2 is 1.50 bits per heavy atom. The third kappa shape index (κ3) is 5.59. The zero-order chi connectivity index (χ0) is 15.8. The van der Waals surface area contributed by atoms with Gasteiger partial charge in [-0.25, -0.2) is 0 Å². The minimum Gasteiger partial charge on any atom is -0.462 e. The van der Waals surface area contributed by atoms with E-state index in [0.717, 1.165) is 37.5 Å². The molecule has 0 N–H and O–H groups in total. The molecule has 128 valence electrons. The van der Waals surface area contributed by atoms with E-state index in [-0.39, 0.29) is 18.0 Å². The van der Waals surface area contributed by atoms with Gasteiger partial charge in [-0.2, -0.15) is 0 Å². The Morgan fingerprint density at radius 3 is 2.09 bits per heavy atom. The lowest BCUT2D eigenvalue weighted by Gasteiger charge is -2.31. The van der Waals surface area contributed by atoms with Crippen LogP contribution in [0.5, 0.6) is 0 Å². The largest absolute Gasteiger partial charge is 0.462 e. The molecule has 2 aliphatic rings. The van der Waals surface area contributed by atoms with Gasteiger partial charge in [0, 0.05) is 0 Å². The monoisotopic (exact) mass is 308 g/mol. The second kappa shape index (κ2) is 9.57. The molecule has 0 atom stereocenters. The highest BCUT2D eigenvalue weighted by molar-refractivity contribution is 5.72. The summed E-state index contributed by atoms with van der Waals surface area (Å²) in [5, 5.41) is 0. The van der Waals surface area contributed by atoms with Crippen LogP contribution in [0.4, 0.5) is 0 Å². The zero-order valence-electron chi connectivity index (χ0n) is 14.8. The number of rotatable bonds is 7. The van der Waals surface area contributed by atoms with Gasteiger partial charge in [-0.15, -0.1) is 0 Å². The van der Waals surface area contributed by atoms with Gasteiger partial charge in [0.1, 0.15) is 6.10 Å². The topological polar surface area (TPSA) is 26.3 Å². The predicted octanol–water partition coefficient (Wildman–Crippen LogP) is 5.89. The first-order valence-electron chi connectivity index (χ1n) is 9.93. The summed E-state index contributed by atoms with van der Waals surface area (Å²) in [5.74, 6) is 2.05. The molecule has 2 nitrogen and oxygen atoms in total. The minimum atomic E-state index is 0.115. The van der Waals surface area contributed by atoms with E-state index in [1.807, 2.05) is 0 Å². The van der Waals surface area contributed by atoms with Crippen LogP contribution < -0.4 is 0 Å². The predicted molar refractivity (Wildman–Crippen MR) is 91.7 cm³/mol. The maximum atomic E-state index is 12.3. The van der Waals surface area contributed by atoms with E-state index in [0.29, 0.717) is 0 Å². The lowest BCUT2D eigenvalue weighted by atomic mass is 9.80. The summed E-state index contributed by atoms with van der Waals surface area (Å²) in [6.07, 6.45) is 16.2. The fourth-order valence-electron chi connectivity index (χ4n) is 4.29. The van der Waals surface area contributed by atoms with Crippen molar-refractivity contribution in [3.63, 3.8) is 0 Å². The Labute approximate surface area is 137 Å². The summed E-state index contributed by atoms with van der Waals surface area (Å²) < 4.78 is 5.83. The first-order valence-corrected chi connectivity index (χ1v) is 9.93. The van der Waals surface area contributed by atoms with Gasteiger partial charge >= 0.3 is 5.97 Å². The highest BCUT2D eigenvalue weighted by Gasteiger charge is 2.30. The van der Waals surface area contributed by atoms with Gasteiger partial charge in [-0.1, -0.05) is 46.0 Å². The summed E-state index contributed by atoms with van der Waals surface area (Å²) in [7, 11) is 0. The Morgan fingerprint density at radius 1 is 0.864 bits per heavy atom. The lowest BCUT2D eigenvalue weighted by molar-refractivity contribution is -0.157. The van der Waals surface area contributed by atoms with Gasteiger partial charge in [-0.05, 0) is 63.2 Å². The van der Waals surface area contributed by atoms with E-state index in [2.05, 4.69) is 13.8 Å². The van der Waals surface area contributed by atoms with Gasteiger partial charge in [0.05, 0.1) is 5.92 Å². The SMILES string of the molecule is CCCCCC1CCC(OC(=O)C2CCC(CC)CC2)CC1. The number of carbonyl (C=O) groups is 1. The molecule has 2 heteroatoms. The van der Waals surface area contributed by atoms with Crippen molar-refractivity contribution < 1.29 is 9.53 Å². The van der Waals surface area contributed by atoms with Crippen LogP contribution in [0.3, 0.4) is 0 Å². The summed E-state index contributed by atoms with van der Waals surface area (Å²) >= 11 is 0. The van der Waals surface area contributed by atoms with E-state index in [1.165, 1.54) is 57.8 Å². The molecule has 0 radical (unpaired) electrons. The van der Waals surface area contributed by atoms with Gasteiger partial charge in [0.2, 0.25) is 0 Å². The van der Waals surface area contributed by atoms with Crippen molar-refractivity contribution >= 4 is 5.97 Å². The van der Waals surface area contributed by atoms with E-state index in [1.54, 1.807) is 0 Å². The Kier molecular flexibility index (Phi) is 7.75. The Bertz CT molecular complexity index is 310. The summed E-state index contributed by atoms with van der Waals surface area (Å²) in [5.41, 5.74) is 0. The van der Waals surface area contributed by atoms with Crippen LogP contribution in [0.1, 0.15) is 97.3 Å². The highest BCUT2D eigenvalue weighted by Crippen LogP contribution is 2.34. The molecule has 0 bridgehead atoms. The smallest absolute Gasteiger partial charge is 0.309 e. The van der Waals surface area contributed by atoms with Crippen LogP contribution in [0.25, 0.3) is 0 Å². The average molecular weight is 309 g/mol. The number of carbonyl (C=O) groups excluding carboxylic acids is 1. The van der Waals surface area contributed by atoms with Crippen LogP contribution in [0.2, 0.25) is 0 Å². The van der Waals surface area contributed by atoms with Crippen molar-refractivity contribution in [2.75, 3.05) is 0 Å². The normalized spacial score (nSPS) is 32.6. The molecular weight excluding hydrogens is 272 g/mol. The minimum absolute atomic E-state index is 0.115. The van der Waals surface area contributed by atoms with Crippen molar-refractivity contribution in [1.82, 2.24) is 0 Å². The molecule has 0 aromatic rings. The van der Waals surface area contributed by atoms with Crippen molar-refractivity contribution in [3.05, 3.63) is 0 Å². The molecule has 2 rings (SSSR count). The maximum absolute atomic E-state index is 12.3. The standard InChI is InChI=1S/C20H36O2/c1-3-5-6-7-17-10-14-19(15-11-17)22-20(21)18-12-8-16(4-2)9-13-18/h16-19H,3-15H2,1-2H3. The maximum Gasteiger partial charge on any atom is 0.309 e.